The Bertz CT molecular complexity index is 1170. The quantitative estimate of drug-likeness (QED) is 0.646. The summed E-state index contributed by atoms with van der Waals surface area (Å²) in [4.78, 5) is 42.8. The zero-order chi connectivity index (χ0) is 22.0. The third-order valence-corrected chi connectivity index (χ3v) is 5.20. The van der Waals surface area contributed by atoms with Crippen LogP contribution in [0.4, 0.5) is 17.2 Å². The standard InChI is InChI=1S/C21H25N7O3/c1-14-4-3-10-26(12-14)18-9-11-27-20(24-18)25-28(21(27)31)13-19(30)23-17-7-5-16(6-8-17)22-15(2)29/h5-9,11,14H,3-4,10,12-13H2,1-2H3,(H,22,29)(H,23,30). The highest BCUT2D eigenvalue weighted by Crippen LogP contribution is 2.21. The van der Waals surface area contributed by atoms with Crippen molar-refractivity contribution in [3.8, 4) is 0 Å². The fourth-order valence-corrected chi connectivity index (χ4v) is 3.75. The lowest BCUT2D eigenvalue weighted by molar-refractivity contribution is -0.117. The van der Waals surface area contributed by atoms with E-state index < -0.39 is 5.69 Å². The summed E-state index contributed by atoms with van der Waals surface area (Å²) in [5, 5.41) is 9.62. The van der Waals surface area contributed by atoms with E-state index in [1.165, 1.54) is 17.7 Å². The minimum atomic E-state index is -0.419. The highest BCUT2D eigenvalue weighted by molar-refractivity contribution is 5.92. The lowest BCUT2D eigenvalue weighted by atomic mass is 10.0. The molecule has 2 amide bonds. The van der Waals surface area contributed by atoms with E-state index in [0.29, 0.717) is 17.3 Å². The second kappa shape index (κ2) is 8.58. The monoisotopic (exact) mass is 423 g/mol. The number of hydrogen-bond donors (Lipinski definition) is 2. The number of nitrogens with one attached hydrogen (secondary N) is 2. The minimum Gasteiger partial charge on any atom is -0.356 e. The number of anilines is 3. The van der Waals surface area contributed by atoms with Crippen molar-refractivity contribution in [1.82, 2.24) is 19.2 Å². The van der Waals surface area contributed by atoms with Crippen LogP contribution in [-0.2, 0) is 16.1 Å². The van der Waals surface area contributed by atoms with E-state index in [1.54, 1.807) is 30.5 Å². The Labute approximate surface area is 178 Å². The number of benzene rings is 1. The predicted molar refractivity (Wildman–Crippen MR) is 117 cm³/mol. The molecule has 1 unspecified atom stereocenters. The maximum Gasteiger partial charge on any atom is 0.352 e. The summed E-state index contributed by atoms with van der Waals surface area (Å²) in [7, 11) is 0. The van der Waals surface area contributed by atoms with Crippen molar-refractivity contribution in [2.75, 3.05) is 28.6 Å². The van der Waals surface area contributed by atoms with E-state index in [2.05, 4.69) is 32.5 Å². The molecular weight excluding hydrogens is 398 g/mol. The highest BCUT2D eigenvalue weighted by Gasteiger charge is 2.19. The number of amides is 2. The zero-order valence-electron chi connectivity index (χ0n) is 17.5. The van der Waals surface area contributed by atoms with Gasteiger partial charge in [-0.2, -0.15) is 4.98 Å². The molecule has 1 aliphatic heterocycles. The van der Waals surface area contributed by atoms with Crippen LogP contribution in [0.2, 0.25) is 0 Å². The molecule has 0 radical (unpaired) electrons. The molecule has 2 N–H and O–H groups in total. The van der Waals surface area contributed by atoms with Gasteiger partial charge in [0.15, 0.2) is 0 Å². The largest absolute Gasteiger partial charge is 0.356 e. The van der Waals surface area contributed by atoms with Gasteiger partial charge in [-0.25, -0.2) is 13.9 Å². The SMILES string of the molecule is CC(=O)Nc1ccc(NC(=O)Cn2nc3nc(N4CCCC(C)C4)ccn3c2=O)cc1. The molecule has 0 spiro atoms. The molecule has 0 saturated carbocycles. The summed E-state index contributed by atoms with van der Waals surface area (Å²) in [5.41, 5.74) is 0.764. The van der Waals surface area contributed by atoms with Crippen molar-refractivity contribution in [1.29, 1.82) is 0 Å². The Balaban J connectivity index is 1.46. The maximum absolute atomic E-state index is 12.6. The first-order valence-electron chi connectivity index (χ1n) is 10.3. The maximum atomic E-state index is 12.6. The summed E-state index contributed by atoms with van der Waals surface area (Å²) < 4.78 is 2.44. The lowest BCUT2D eigenvalue weighted by Gasteiger charge is -2.31. The summed E-state index contributed by atoms with van der Waals surface area (Å²) in [6, 6.07) is 8.52. The number of aromatic nitrogens is 4. The minimum absolute atomic E-state index is 0.172. The first kappa shape index (κ1) is 20.6. The average Bonchev–Trinajstić information content (AvgIpc) is 3.03. The topological polar surface area (TPSA) is 114 Å². The molecule has 2 aromatic heterocycles. The lowest BCUT2D eigenvalue weighted by Crippen LogP contribution is -2.34. The number of fused-ring (bicyclic) bond motifs is 1. The Hall–Kier alpha value is -3.69. The van der Waals surface area contributed by atoms with E-state index in [4.69, 9.17) is 0 Å². The Morgan fingerprint density at radius 3 is 2.52 bits per heavy atom. The van der Waals surface area contributed by atoms with Gasteiger partial charge in [-0.15, -0.1) is 5.10 Å². The smallest absolute Gasteiger partial charge is 0.352 e. The highest BCUT2D eigenvalue weighted by atomic mass is 16.2. The first-order valence-corrected chi connectivity index (χ1v) is 10.3. The summed E-state index contributed by atoms with van der Waals surface area (Å²) in [6.07, 6.45) is 3.97. The van der Waals surface area contributed by atoms with E-state index in [9.17, 15) is 14.4 Å². The van der Waals surface area contributed by atoms with Crippen LogP contribution in [0.3, 0.4) is 0 Å². The van der Waals surface area contributed by atoms with Gasteiger partial charge in [-0.05, 0) is 49.1 Å². The molecule has 10 heteroatoms. The van der Waals surface area contributed by atoms with Gasteiger partial charge in [0.05, 0.1) is 0 Å². The molecule has 3 aromatic rings. The molecule has 1 aliphatic rings. The van der Waals surface area contributed by atoms with Gasteiger partial charge in [0.25, 0.3) is 5.78 Å². The number of rotatable bonds is 5. The van der Waals surface area contributed by atoms with E-state index in [-0.39, 0.29) is 24.1 Å². The zero-order valence-corrected chi connectivity index (χ0v) is 17.5. The van der Waals surface area contributed by atoms with Crippen LogP contribution in [-0.4, -0.2) is 44.1 Å². The molecule has 1 atom stereocenters. The fourth-order valence-electron chi connectivity index (χ4n) is 3.75. The van der Waals surface area contributed by atoms with E-state index >= 15 is 0 Å². The van der Waals surface area contributed by atoms with Crippen molar-refractivity contribution >= 4 is 34.8 Å². The Morgan fingerprint density at radius 1 is 1.13 bits per heavy atom. The predicted octanol–water partition coefficient (Wildman–Crippen LogP) is 1.72. The van der Waals surface area contributed by atoms with Crippen LogP contribution in [0.15, 0.2) is 41.3 Å². The van der Waals surface area contributed by atoms with Crippen molar-refractivity contribution < 1.29 is 9.59 Å². The summed E-state index contributed by atoms with van der Waals surface area (Å²) in [6.45, 7) is 5.27. The average molecular weight is 423 g/mol. The van der Waals surface area contributed by atoms with Crippen LogP contribution in [0, 0.1) is 5.92 Å². The summed E-state index contributed by atoms with van der Waals surface area (Å²) >= 11 is 0. The Kier molecular flexibility index (Phi) is 5.70. The molecule has 1 fully saturated rings. The molecule has 3 heterocycles. The molecule has 1 aromatic carbocycles. The molecule has 1 saturated heterocycles. The number of carbonyl (C=O) groups is 2. The van der Waals surface area contributed by atoms with Crippen LogP contribution < -0.4 is 21.2 Å². The number of hydrogen-bond acceptors (Lipinski definition) is 6. The van der Waals surface area contributed by atoms with Gasteiger partial charge in [-0.1, -0.05) is 6.92 Å². The molecule has 162 valence electrons. The van der Waals surface area contributed by atoms with Crippen LogP contribution >= 0.6 is 0 Å². The number of piperidine rings is 1. The number of carbonyl (C=O) groups excluding carboxylic acids is 2. The van der Waals surface area contributed by atoms with Gasteiger partial charge < -0.3 is 15.5 Å². The molecular formula is C21H25N7O3. The van der Waals surface area contributed by atoms with Crippen LogP contribution in [0.25, 0.3) is 5.78 Å². The third kappa shape index (κ3) is 4.73. The number of nitrogens with zero attached hydrogens (tertiary/aromatic N) is 5. The second-order valence-corrected chi connectivity index (χ2v) is 7.90. The van der Waals surface area contributed by atoms with Gasteiger partial charge in [-0.3, -0.25) is 9.59 Å². The third-order valence-electron chi connectivity index (χ3n) is 5.20. The first-order chi connectivity index (χ1) is 14.9. The van der Waals surface area contributed by atoms with Crippen molar-refractivity contribution in [2.24, 2.45) is 5.92 Å². The van der Waals surface area contributed by atoms with Crippen LogP contribution in [0.1, 0.15) is 26.7 Å². The van der Waals surface area contributed by atoms with Crippen molar-refractivity contribution in [3.63, 3.8) is 0 Å². The Morgan fingerprint density at radius 2 is 1.84 bits per heavy atom. The van der Waals surface area contributed by atoms with Gasteiger partial charge >= 0.3 is 5.69 Å². The van der Waals surface area contributed by atoms with Crippen molar-refractivity contribution in [2.45, 2.75) is 33.2 Å². The summed E-state index contributed by atoms with van der Waals surface area (Å²) in [5.74, 6) is 1.10. The van der Waals surface area contributed by atoms with E-state index in [0.717, 1.165) is 30.0 Å². The molecule has 10 nitrogen and oxygen atoms in total. The normalized spacial score (nSPS) is 16.3. The van der Waals surface area contributed by atoms with Gasteiger partial charge in [0.1, 0.15) is 12.4 Å². The van der Waals surface area contributed by atoms with Crippen molar-refractivity contribution in [3.05, 3.63) is 47.0 Å². The van der Waals surface area contributed by atoms with Gasteiger partial charge in [0, 0.05) is 37.6 Å². The van der Waals surface area contributed by atoms with E-state index in [1.807, 2.05) is 6.07 Å². The fraction of sp³-hybridized carbons (Fsp3) is 0.381. The second-order valence-electron chi connectivity index (χ2n) is 7.90. The van der Waals surface area contributed by atoms with Crippen LogP contribution in [0.5, 0.6) is 0 Å². The molecule has 0 bridgehead atoms. The molecule has 31 heavy (non-hydrogen) atoms. The molecule has 4 rings (SSSR count). The van der Waals surface area contributed by atoms with Gasteiger partial charge in [0.2, 0.25) is 11.8 Å². The molecule has 0 aliphatic carbocycles.